The van der Waals surface area contributed by atoms with Gasteiger partial charge in [0.25, 0.3) is 0 Å². The molecule has 3 atom stereocenters. The van der Waals surface area contributed by atoms with Crippen molar-refractivity contribution in [1.82, 2.24) is 0 Å². The number of epoxide rings is 1. The van der Waals surface area contributed by atoms with E-state index in [0.29, 0.717) is 34.9 Å². The molecule has 2 rings (SSSR count). The largest absolute Gasteiger partial charge is 0.410 e. The zero-order valence-electron chi connectivity index (χ0n) is 12.2. The lowest BCUT2D eigenvalue weighted by molar-refractivity contribution is 0.121. The average molecular weight is 256 g/mol. The smallest absolute Gasteiger partial charge is 0.200 e. The van der Waals surface area contributed by atoms with Crippen molar-refractivity contribution in [2.45, 2.75) is 89.3 Å². The third kappa shape index (κ3) is 2.22. The highest BCUT2D eigenvalue weighted by Crippen LogP contribution is 2.48. The Bertz CT molecular complexity index is 254. The van der Waals surface area contributed by atoms with E-state index in [4.69, 9.17) is 9.16 Å². The van der Waals surface area contributed by atoms with E-state index in [1.807, 2.05) is 0 Å². The van der Waals surface area contributed by atoms with Gasteiger partial charge in [0.15, 0.2) is 0 Å². The molecule has 17 heavy (non-hydrogen) atoms. The van der Waals surface area contributed by atoms with Gasteiger partial charge in [-0.3, -0.25) is 0 Å². The first-order valence-corrected chi connectivity index (χ1v) is 9.36. The molecule has 1 saturated heterocycles. The lowest BCUT2D eigenvalue weighted by Crippen LogP contribution is -2.50. The summed E-state index contributed by atoms with van der Waals surface area (Å²) in [6.45, 7) is 14.1. The van der Waals surface area contributed by atoms with E-state index in [1.165, 1.54) is 12.8 Å². The number of fused-ring (bicyclic) bond motifs is 1. The molecule has 0 radical (unpaired) electrons. The molecule has 1 aliphatic carbocycles. The van der Waals surface area contributed by atoms with Crippen molar-refractivity contribution < 1.29 is 9.16 Å². The fraction of sp³-hybridized carbons (Fsp3) is 1.00. The van der Waals surface area contributed by atoms with E-state index in [-0.39, 0.29) is 0 Å². The van der Waals surface area contributed by atoms with Crippen molar-refractivity contribution in [2.24, 2.45) is 0 Å². The van der Waals surface area contributed by atoms with Crippen molar-refractivity contribution in [3.05, 3.63) is 0 Å². The Morgan fingerprint density at radius 3 is 1.76 bits per heavy atom. The fourth-order valence-electron chi connectivity index (χ4n) is 4.01. The first-order valence-electron chi connectivity index (χ1n) is 7.22. The van der Waals surface area contributed by atoms with Gasteiger partial charge in [0.1, 0.15) is 6.10 Å². The Morgan fingerprint density at radius 1 is 0.941 bits per heavy atom. The summed E-state index contributed by atoms with van der Waals surface area (Å²) in [6, 6.07) is 0. The highest BCUT2D eigenvalue weighted by Gasteiger charge is 2.55. The SMILES string of the molecule is CC(C)[Si](O[C@@H]1CC[C@H]2O[C@@H]21)(C(C)C)C(C)C. The molecule has 3 heteroatoms. The van der Waals surface area contributed by atoms with Gasteiger partial charge in [-0.2, -0.15) is 0 Å². The first-order chi connectivity index (χ1) is 7.89. The van der Waals surface area contributed by atoms with Gasteiger partial charge in [0.05, 0.1) is 12.2 Å². The Hall–Kier alpha value is 0.137. The average Bonchev–Trinajstić information content (AvgIpc) is 2.89. The van der Waals surface area contributed by atoms with Gasteiger partial charge in [0.2, 0.25) is 8.32 Å². The summed E-state index contributed by atoms with van der Waals surface area (Å²) in [6.07, 6.45) is 3.82. The normalized spacial score (nSPS) is 32.6. The van der Waals surface area contributed by atoms with E-state index < -0.39 is 8.32 Å². The third-order valence-corrected chi connectivity index (χ3v) is 10.9. The molecular weight excluding hydrogens is 228 g/mol. The van der Waals surface area contributed by atoms with E-state index >= 15 is 0 Å². The zero-order valence-corrected chi connectivity index (χ0v) is 13.2. The fourth-order valence-corrected chi connectivity index (χ4v) is 9.60. The van der Waals surface area contributed by atoms with Crippen LogP contribution in [0.25, 0.3) is 0 Å². The summed E-state index contributed by atoms with van der Waals surface area (Å²) in [5, 5.41) is 0. The number of ether oxygens (including phenoxy) is 1. The number of rotatable bonds is 5. The Kier molecular flexibility index (Phi) is 3.73. The summed E-state index contributed by atoms with van der Waals surface area (Å²) in [4.78, 5) is 0. The van der Waals surface area contributed by atoms with Crippen LogP contribution < -0.4 is 0 Å². The van der Waals surface area contributed by atoms with Crippen molar-refractivity contribution in [1.29, 1.82) is 0 Å². The van der Waals surface area contributed by atoms with Gasteiger partial charge in [-0.15, -0.1) is 0 Å². The van der Waals surface area contributed by atoms with Gasteiger partial charge in [0, 0.05) is 0 Å². The zero-order chi connectivity index (χ0) is 12.8. The number of hydrogen-bond acceptors (Lipinski definition) is 2. The maximum Gasteiger partial charge on any atom is 0.200 e. The lowest BCUT2D eigenvalue weighted by Gasteiger charge is -2.44. The number of hydrogen-bond donors (Lipinski definition) is 0. The minimum absolute atomic E-state index is 0.402. The van der Waals surface area contributed by atoms with Crippen LogP contribution in [-0.4, -0.2) is 26.6 Å². The maximum absolute atomic E-state index is 6.75. The molecule has 2 aliphatic rings. The molecule has 0 unspecified atom stereocenters. The molecule has 0 aromatic carbocycles. The van der Waals surface area contributed by atoms with Crippen LogP contribution in [0.3, 0.4) is 0 Å². The van der Waals surface area contributed by atoms with Crippen LogP contribution in [0.5, 0.6) is 0 Å². The quantitative estimate of drug-likeness (QED) is 0.545. The molecule has 0 bridgehead atoms. The molecule has 1 aliphatic heterocycles. The molecule has 2 nitrogen and oxygen atoms in total. The molecule has 2 fully saturated rings. The molecule has 1 heterocycles. The molecule has 0 amide bonds. The summed E-state index contributed by atoms with van der Waals surface area (Å²) in [7, 11) is -1.69. The second-order valence-electron chi connectivity index (χ2n) is 6.69. The summed E-state index contributed by atoms with van der Waals surface area (Å²) >= 11 is 0. The van der Waals surface area contributed by atoms with Crippen LogP contribution in [0.15, 0.2) is 0 Å². The standard InChI is InChI=1S/C14H28O2Si/c1-9(2)17(10(3)4,11(5)6)16-13-8-7-12-14(13)15-12/h9-14H,7-8H2,1-6H3/t12-,13-,14+/m1/s1. The highest BCUT2D eigenvalue weighted by molar-refractivity contribution is 6.77. The van der Waals surface area contributed by atoms with Gasteiger partial charge in [-0.25, -0.2) is 0 Å². The summed E-state index contributed by atoms with van der Waals surface area (Å²) in [5.74, 6) is 0. The Morgan fingerprint density at radius 2 is 1.47 bits per heavy atom. The van der Waals surface area contributed by atoms with E-state index in [2.05, 4.69) is 41.5 Å². The van der Waals surface area contributed by atoms with Gasteiger partial charge >= 0.3 is 0 Å². The summed E-state index contributed by atoms with van der Waals surface area (Å²) in [5.41, 5.74) is 2.04. The van der Waals surface area contributed by atoms with Crippen molar-refractivity contribution >= 4 is 8.32 Å². The monoisotopic (exact) mass is 256 g/mol. The van der Waals surface area contributed by atoms with Gasteiger partial charge in [-0.05, 0) is 29.5 Å². The Balaban J connectivity index is 2.14. The molecule has 0 aromatic heterocycles. The topological polar surface area (TPSA) is 21.8 Å². The van der Waals surface area contributed by atoms with Gasteiger partial charge < -0.3 is 9.16 Å². The van der Waals surface area contributed by atoms with Crippen molar-refractivity contribution in [3.63, 3.8) is 0 Å². The maximum atomic E-state index is 6.75. The Labute approximate surface area is 107 Å². The van der Waals surface area contributed by atoms with Crippen molar-refractivity contribution in [2.75, 3.05) is 0 Å². The van der Waals surface area contributed by atoms with E-state index in [0.717, 1.165) is 0 Å². The third-order valence-electron chi connectivity index (χ3n) is 4.79. The van der Waals surface area contributed by atoms with Crippen LogP contribution in [0.4, 0.5) is 0 Å². The summed E-state index contributed by atoms with van der Waals surface area (Å²) < 4.78 is 12.4. The van der Waals surface area contributed by atoms with Crippen LogP contribution in [-0.2, 0) is 9.16 Å². The minimum atomic E-state index is -1.69. The van der Waals surface area contributed by atoms with Crippen LogP contribution >= 0.6 is 0 Å². The molecule has 100 valence electrons. The molecular formula is C14H28O2Si. The lowest BCUT2D eigenvalue weighted by atomic mass is 10.3. The van der Waals surface area contributed by atoms with E-state index in [1.54, 1.807) is 0 Å². The second kappa shape index (κ2) is 4.67. The predicted molar refractivity (Wildman–Crippen MR) is 73.8 cm³/mol. The molecule has 0 N–H and O–H groups in total. The highest BCUT2D eigenvalue weighted by atomic mass is 28.4. The van der Waals surface area contributed by atoms with Gasteiger partial charge in [-0.1, -0.05) is 41.5 Å². The second-order valence-corrected chi connectivity index (χ2v) is 12.1. The predicted octanol–water partition coefficient (Wildman–Crippen LogP) is 4.11. The van der Waals surface area contributed by atoms with E-state index in [9.17, 15) is 0 Å². The molecule has 0 spiro atoms. The van der Waals surface area contributed by atoms with Crippen molar-refractivity contribution in [3.8, 4) is 0 Å². The molecule has 0 aromatic rings. The van der Waals surface area contributed by atoms with Crippen LogP contribution in [0.2, 0.25) is 16.6 Å². The van der Waals surface area contributed by atoms with Crippen LogP contribution in [0, 0.1) is 0 Å². The minimum Gasteiger partial charge on any atom is -0.410 e. The first kappa shape index (κ1) is 13.6. The van der Waals surface area contributed by atoms with Crippen LogP contribution in [0.1, 0.15) is 54.4 Å². The molecule has 1 saturated carbocycles.